The summed E-state index contributed by atoms with van der Waals surface area (Å²) in [6.45, 7) is 6.64. The number of anilines is 2. The van der Waals surface area contributed by atoms with Crippen molar-refractivity contribution in [1.82, 2.24) is 14.9 Å². The molecule has 1 atom stereocenters. The number of nitrogens with two attached hydrogens (primary N) is 1. The minimum atomic E-state index is 0.686. The molecule has 1 aromatic heterocycles. The standard InChI is InChI=1S/C13H22N6/c1-10-12(17-14)15-9-16-13(10)19-7-3-6-18-5-2-4-11(18)8-19/h9,11H,2-8,14H2,1H3,(H,15,16,17). The molecule has 3 N–H and O–H groups in total. The Morgan fingerprint density at radius 1 is 1.26 bits per heavy atom. The Hall–Kier alpha value is -1.40. The summed E-state index contributed by atoms with van der Waals surface area (Å²) in [5, 5.41) is 0. The second kappa shape index (κ2) is 5.30. The average Bonchev–Trinajstić information content (AvgIpc) is 2.77. The van der Waals surface area contributed by atoms with E-state index in [1.807, 2.05) is 6.92 Å². The number of aromatic nitrogens is 2. The SMILES string of the molecule is Cc1c(NN)ncnc1N1CCCN2CCCC2C1. The van der Waals surface area contributed by atoms with Gasteiger partial charge in [-0.15, -0.1) is 0 Å². The Bertz CT molecular complexity index is 449. The highest BCUT2D eigenvalue weighted by Crippen LogP contribution is 2.27. The number of hydrazine groups is 1. The van der Waals surface area contributed by atoms with Gasteiger partial charge in [0.05, 0.1) is 0 Å². The summed E-state index contributed by atoms with van der Waals surface area (Å²) >= 11 is 0. The molecule has 0 radical (unpaired) electrons. The van der Waals surface area contributed by atoms with Crippen molar-refractivity contribution in [1.29, 1.82) is 0 Å². The van der Waals surface area contributed by atoms with Crippen LogP contribution in [-0.2, 0) is 0 Å². The minimum Gasteiger partial charge on any atom is -0.355 e. The molecular weight excluding hydrogens is 240 g/mol. The van der Waals surface area contributed by atoms with Gasteiger partial charge in [-0.3, -0.25) is 4.90 Å². The highest BCUT2D eigenvalue weighted by Gasteiger charge is 2.29. The molecule has 6 nitrogen and oxygen atoms in total. The van der Waals surface area contributed by atoms with Crippen LogP contribution in [0.4, 0.5) is 11.6 Å². The molecule has 2 aliphatic heterocycles. The van der Waals surface area contributed by atoms with Gasteiger partial charge in [-0.05, 0) is 32.7 Å². The zero-order valence-electron chi connectivity index (χ0n) is 11.5. The topological polar surface area (TPSA) is 70.3 Å². The van der Waals surface area contributed by atoms with Crippen LogP contribution in [0, 0.1) is 6.92 Å². The molecule has 0 bridgehead atoms. The molecule has 104 valence electrons. The fourth-order valence-corrected chi connectivity index (χ4v) is 3.30. The van der Waals surface area contributed by atoms with Crippen LogP contribution in [0.3, 0.4) is 0 Å². The van der Waals surface area contributed by atoms with E-state index in [2.05, 4.69) is 25.2 Å². The smallest absolute Gasteiger partial charge is 0.148 e. The fourth-order valence-electron chi connectivity index (χ4n) is 3.30. The van der Waals surface area contributed by atoms with Gasteiger partial charge in [0, 0.05) is 31.2 Å². The Labute approximate surface area is 114 Å². The Balaban J connectivity index is 1.85. The normalized spacial score (nSPS) is 24.1. The van der Waals surface area contributed by atoms with Gasteiger partial charge in [-0.25, -0.2) is 15.8 Å². The molecule has 0 aromatic carbocycles. The minimum absolute atomic E-state index is 0.686. The third kappa shape index (κ3) is 2.37. The zero-order valence-corrected chi connectivity index (χ0v) is 11.5. The lowest BCUT2D eigenvalue weighted by molar-refractivity contribution is 0.273. The Morgan fingerprint density at radius 2 is 2.11 bits per heavy atom. The number of hydrogen-bond acceptors (Lipinski definition) is 6. The van der Waals surface area contributed by atoms with Gasteiger partial charge in [0.1, 0.15) is 18.0 Å². The maximum Gasteiger partial charge on any atom is 0.148 e. The van der Waals surface area contributed by atoms with E-state index in [4.69, 9.17) is 5.84 Å². The lowest BCUT2D eigenvalue weighted by atomic mass is 10.2. The molecule has 0 amide bonds. The van der Waals surface area contributed by atoms with Crippen LogP contribution in [-0.4, -0.2) is 47.1 Å². The molecule has 2 aliphatic rings. The maximum absolute atomic E-state index is 5.50. The second-order valence-electron chi connectivity index (χ2n) is 5.45. The molecule has 3 rings (SSSR count). The third-order valence-electron chi connectivity index (χ3n) is 4.30. The van der Waals surface area contributed by atoms with E-state index in [1.165, 1.54) is 32.4 Å². The monoisotopic (exact) mass is 262 g/mol. The van der Waals surface area contributed by atoms with E-state index in [1.54, 1.807) is 6.33 Å². The average molecular weight is 262 g/mol. The van der Waals surface area contributed by atoms with Crippen molar-refractivity contribution in [3.63, 3.8) is 0 Å². The summed E-state index contributed by atoms with van der Waals surface area (Å²) in [5.74, 6) is 7.24. The van der Waals surface area contributed by atoms with Crippen LogP contribution in [0.25, 0.3) is 0 Å². The van der Waals surface area contributed by atoms with Gasteiger partial charge in [0.15, 0.2) is 0 Å². The van der Waals surface area contributed by atoms with Crippen LogP contribution in [0.2, 0.25) is 0 Å². The number of nitrogen functional groups attached to an aromatic ring is 1. The van der Waals surface area contributed by atoms with Crippen LogP contribution in [0.15, 0.2) is 6.33 Å². The van der Waals surface area contributed by atoms with E-state index in [0.717, 1.165) is 30.3 Å². The highest BCUT2D eigenvalue weighted by molar-refractivity contribution is 5.57. The highest BCUT2D eigenvalue weighted by atomic mass is 15.3. The maximum atomic E-state index is 5.50. The van der Waals surface area contributed by atoms with Crippen molar-refractivity contribution >= 4 is 11.6 Å². The van der Waals surface area contributed by atoms with Crippen molar-refractivity contribution in [2.45, 2.75) is 32.2 Å². The largest absolute Gasteiger partial charge is 0.355 e. The predicted octanol–water partition coefficient (Wildman–Crippen LogP) is 0.745. The van der Waals surface area contributed by atoms with Gasteiger partial charge in [-0.2, -0.15) is 0 Å². The van der Waals surface area contributed by atoms with Crippen molar-refractivity contribution in [3.8, 4) is 0 Å². The first-order valence-corrected chi connectivity index (χ1v) is 7.07. The molecule has 0 aliphatic carbocycles. The number of nitrogens with one attached hydrogen (secondary N) is 1. The van der Waals surface area contributed by atoms with E-state index in [-0.39, 0.29) is 0 Å². The van der Waals surface area contributed by atoms with Crippen LogP contribution in [0.1, 0.15) is 24.8 Å². The molecule has 19 heavy (non-hydrogen) atoms. The molecule has 0 saturated carbocycles. The van der Waals surface area contributed by atoms with Crippen molar-refractivity contribution in [2.24, 2.45) is 5.84 Å². The van der Waals surface area contributed by atoms with Crippen LogP contribution in [0.5, 0.6) is 0 Å². The van der Waals surface area contributed by atoms with Crippen LogP contribution < -0.4 is 16.2 Å². The summed E-state index contributed by atoms with van der Waals surface area (Å²) in [6, 6.07) is 0.686. The number of nitrogens with zero attached hydrogens (tertiary/aromatic N) is 4. The van der Waals surface area contributed by atoms with E-state index < -0.39 is 0 Å². The Kier molecular flexibility index (Phi) is 3.52. The van der Waals surface area contributed by atoms with E-state index in [0.29, 0.717) is 6.04 Å². The zero-order chi connectivity index (χ0) is 13.2. The second-order valence-corrected chi connectivity index (χ2v) is 5.45. The summed E-state index contributed by atoms with van der Waals surface area (Å²) in [5.41, 5.74) is 3.69. The van der Waals surface area contributed by atoms with Crippen molar-refractivity contribution in [2.75, 3.05) is 36.5 Å². The van der Waals surface area contributed by atoms with E-state index in [9.17, 15) is 0 Å². The van der Waals surface area contributed by atoms with Gasteiger partial charge >= 0.3 is 0 Å². The molecule has 1 unspecified atom stereocenters. The number of fused-ring (bicyclic) bond motifs is 1. The lowest BCUT2D eigenvalue weighted by Crippen LogP contribution is -2.37. The van der Waals surface area contributed by atoms with Crippen LogP contribution >= 0.6 is 0 Å². The van der Waals surface area contributed by atoms with Gasteiger partial charge in [0.25, 0.3) is 0 Å². The number of rotatable bonds is 2. The summed E-state index contributed by atoms with van der Waals surface area (Å²) in [4.78, 5) is 13.6. The Morgan fingerprint density at radius 3 is 2.95 bits per heavy atom. The lowest BCUT2D eigenvalue weighted by Gasteiger charge is -2.27. The predicted molar refractivity (Wildman–Crippen MR) is 76.0 cm³/mol. The molecule has 3 heterocycles. The van der Waals surface area contributed by atoms with Crippen molar-refractivity contribution in [3.05, 3.63) is 11.9 Å². The van der Waals surface area contributed by atoms with Gasteiger partial charge < -0.3 is 10.3 Å². The first-order valence-electron chi connectivity index (χ1n) is 7.07. The summed E-state index contributed by atoms with van der Waals surface area (Å²) < 4.78 is 0. The summed E-state index contributed by atoms with van der Waals surface area (Å²) in [7, 11) is 0. The van der Waals surface area contributed by atoms with Gasteiger partial charge in [-0.1, -0.05) is 0 Å². The third-order valence-corrected chi connectivity index (χ3v) is 4.30. The molecule has 2 saturated heterocycles. The quantitative estimate of drug-likeness (QED) is 0.605. The molecule has 0 spiro atoms. The van der Waals surface area contributed by atoms with Gasteiger partial charge in [0.2, 0.25) is 0 Å². The summed E-state index contributed by atoms with van der Waals surface area (Å²) in [6.07, 6.45) is 5.43. The molecule has 1 aromatic rings. The first-order chi connectivity index (χ1) is 9.29. The molecular formula is C13H22N6. The van der Waals surface area contributed by atoms with Crippen molar-refractivity contribution < 1.29 is 0 Å². The molecule has 6 heteroatoms. The molecule has 2 fully saturated rings. The first kappa shape index (κ1) is 12.6. The number of hydrogen-bond donors (Lipinski definition) is 2. The fraction of sp³-hybridized carbons (Fsp3) is 0.692. The van der Waals surface area contributed by atoms with E-state index >= 15 is 0 Å².